The number of methoxy groups -OCH3 is 3. The van der Waals surface area contributed by atoms with Gasteiger partial charge in [-0.25, -0.2) is 0 Å². The molecular formula is C22H26O4. The van der Waals surface area contributed by atoms with Crippen LogP contribution in [0.15, 0.2) is 42.5 Å². The van der Waals surface area contributed by atoms with Gasteiger partial charge in [0.25, 0.3) is 0 Å². The highest BCUT2D eigenvalue weighted by molar-refractivity contribution is 5.77. The summed E-state index contributed by atoms with van der Waals surface area (Å²) >= 11 is 0. The average molecular weight is 354 g/mol. The SMILES string of the molecule is C=C(C)CCc1c(O)cc(C=Cc2c(OC)cccc2OC)cc1OC. The van der Waals surface area contributed by atoms with Crippen LogP contribution >= 0.6 is 0 Å². The van der Waals surface area contributed by atoms with E-state index in [1.54, 1.807) is 27.4 Å². The number of phenolic OH excluding ortho intramolecular Hbond substituents is 1. The topological polar surface area (TPSA) is 47.9 Å². The van der Waals surface area contributed by atoms with E-state index in [9.17, 15) is 5.11 Å². The Morgan fingerprint density at radius 3 is 2.15 bits per heavy atom. The lowest BCUT2D eigenvalue weighted by Crippen LogP contribution is -1.95. The average Bonchev–Trinajstić information content (AvgIpc) is 2.64. The summed E-state index contributed by atoms with van der Waals surface area (Å²) in [5.74, 6) is 2.32. The molecule has 0 fully saturated rings. The molecule has 4 heteroatoms. The van der Waals surface area contributed by atoms with Crippen molar-refractivity contribution >= 4 is 12.2 Å². The summed E-state index contributed by atoms with van der Waals surface area (Å²) in [5.41, 5.74) is 3.52. The maximum absolute atomic E-state index is 10.4. The van der Waals surface area contributed by atoms with Crippen LogP contribution in [0.1, 0.15) is 30.0 Å². The second-order valence-corrected chi connectivity index (χ2v) is 6.09. The fourth-order valence-corrected chi connectivity index (χ4v) is 2.74. The zero-order valence-corrected chi connectivity index (χ0v) is 15.8. The van der Waals surface area contributed by atoms with Crippen molar-refractivity contribution in [2.24, 2.45) is 0 Å². The van der Waals surface area contributed by atoms with Gasteiger partial charge in [0.2, 0.25) is 0 Å². The van der Waals surface area contributed by atoms with Crippen molar-refractivity contribution in [3.05, 3.63) is 59.2 Å². The normalized spacial score (nSPS) is 10.8. The molecule has 0 aliphatic carbocycles. The zero-order chi connectivity index (χ0) is 19.1. The number of aromatic hydroxyl groups is 1. The van der Waals surface area contributed by atoms with E-state index in [-0.39, 0.29) is 5.75 Å². The summed E-state index contributed by atoms with van der Waals surface area (Å²) in [6, 6.07) is 9.27. The largest absolute Gasteiger partial charge is 0.508 e. The van der Waals surface area contributed by atoms with Crippen LogP contribution in [-0.2, 0) is 6.42 Å². The first-order chi connectivity index (χ1) is 12.5. The Morgan fingerprint density at radius 1 is 1.00 bits per heavy atom. The summed E-state index contributed by atoms with van der Waals surface area (Å²) in [7, 11) is 4.85. The van der Waals surface area contributed by atoms with E-state index in [2.05, 4.69) is 6.58 Å². The smallest absolute Gasteiger partial charge is 0.129 e. The number of hydrogen-bond donors (Lipinski definition) is 1. The van der Waals surface area contributed by atoms with Crippen molar-refractivity contribution in [3.63, 3.8) is 0 Å². The maximum Gasteiger partial charge on any atom is 0.129 e. The third-order valence-corrected chi connectivity index (χ3v) is 4.14. The van der Waals surface area contributed by atoms with Crippen LogP contribution < -0.4 is 14.2 Å². The molecule has 2 aromatic carbocycles. The van der Waals surface area contributed by atoms with Crippen molar-refractivity contribution in [1.29, 1.82) is 0 Å². The Hall–Kier alpha value is -2.88. The monoisotopic (exact) mass is 354 g/mol. The molecule has 0 radical (unpaired) electrons. The van der Waals surface area contributed by atoms with Gasteiger partial charge >= 0.3 is 0 Å². The highest BCUT2D eigenvalue weighted by Crippen LogP contribution is 2.34. The third-order valence-electron chi connectivity index (χ3n) is 4.14. The number of hydrogen-bond acceptors (Lipinski definition) is 4. The second-order valence-electron chi connectivity index (χ2n) is 6.09. The summed E-state index contributed by atoms with van der Waals surface area (Å²) in [4.78, 5) is 0. The number of phenols is 1. The molecule has 4 nitrogen and oxygen atoms in total. The van der Waals surface area contributed by atoms with Crippen LogP contribution in [0.4, 0.5) is 0 Å². The van der Waals surface area contributed by atoms with Gasteiger partial charge in [0.15, 0.2) is 0 Å². The van der Waals surface area contributed by atoms with Gasteiger partial charge in [-0.1, -0.05) is 17.7 Å². The minimum atomic E-state index is 0.220. The molecule has 0 amide bonds. The van der Waals surface area contributed by atoms with E-state index in [4.69, 9.17) is 14.2 Å². The Labute approximate surface area is 155 Å². The molecule has 26 heavy (non-hydrogen) atoms. The predicted octanol–water partition coefficient (Wildman–Crippen LogP) is 5.10. The molecule has 2 rings (SSSR count). The van der Waals surface area contributed by atoms with E-state index in [0.29, 0.717) is 12.2 Å². The van der Waals surface area contributed by atoms with Crippen LogP contribution in [-0.4, -0.2) is 26.4 Å². The summed E-state index contributed by atoms with van der Waals surface area (Å²) in [6.45, 7) is 5.88. The van der Waals surface area contributed by atoms with Gasteiger partial charge in [0.05, 0.1) is 26.9 Å². The highest BCUT2D eigenvalue weighted by atomic mass is 16.5. The Morgan fingerprint density at radius 2 is 1.62 bits per heavy atom. The summed E-state index contributed by atoms with van der Waals surface area (Å²) in [5, 5.41) is 10.4. The van der Waals surface area contributed by atoms with E-state index >= 15 is 0 Å². The van der Waals surface area contributed by atoms with Crippen LogP contribution in [0.5, 0.6) is 23.0 Å². The minimum absolute atomic E-state index is 0.220. The standard InChI is InChI=1S/C22H26O4/c1-15(2)9-11-17-19(23)13-16(14-22(17)26-5)10-12-18-20(24-3)7-6-8-21(18)25-4/h6-8,10,12-14,23H,1,9,11H2,2-5H3. The molecule has 0 saturated heterocycles. The Bertz CT molecular complexity index is 784. The molecule has 0 unspecified atom stereocenters. The molecule has 0 atom stereocenters. The van der Waals surface area contributed by atoms with Gasteiger partial charge in [-0.15, -0.1) is 6.58 Å². The molecule has 0 bridgehead atoms. The predicted molar refractivity (Wildman–Crippen MR) is 106 cm³/mol. The maximum atomic E-state index is 10.4. The van der Waals surface area contributed by atoms with Gasteiger partial charge in [-0.2, -0.15) is 0 Å². The van der Waals surface area contributed by atoms with Crippen molar-refractivity contribution in [2.45, 2.75) is 19.8 Å². The zero-order valence-electron chi connectivity index (χ0n) is 15.8. The molecular weight excluding hydrogens is 328 g/mol. The fraction of sp³-hybridized carbons (Fsp3) is 0.273. The van der Waals surface area contributed by atoms with E-state index in [0.717, 1.165) is 40.2 Å². The third kappa shape index (κ3) is 4.60. The summed E-state index contributed by atoms with van der Waals surface area (Å²) < 4.78 is 16.3. The van der Waals surface area contributed by atoms with Gasteiger partial charge in [-0.3, -0.25) is 0 Å². The van der Waals surface area contributed by atoms with Crippen LogP contribution in [0.25, 0.3) is 12.2 Å². The molecule has 0 aliphatic heterocycles. The second kappa shape index (κ2) is 8.99. The van der Waals surface area contributed by atoms with E-state index < -0.39 is 0 Å². The molecule has 138 valence electrons. The van der Waals surface area contributed by atoms with Crippen LogP contribution in [0, 0.1) is 0 Å². The first-order valence-electron chi connectivity index (χ1n) is 8.43. The molecule has 2 aromatic rings. The molecule has 0 saturated carbocycles. The first kappa shape index (κ1) is 19.4. The Balaban J connectivity index is 2.37. The molecule has 1 N–H and O–H groups in total. The quantitative estimate of drug-likeness (QED) is 0.529. The minimum Gasteiger partial charge on any atom is -0.508 e. The van der Waals surface area contributed by atoms with Crippen molar-refractivity contribution in [3.8, 4) is 23.0 Å². The van der Waals surface area contributed by atoms with Gasteiger partial charge in [-0.05, 0) is 55.7 Å². The van der Waals surface area contributed by atoms with Crippen LogP contribution in [0.2, 0.25) is 0 Å². The lowest BCUT2D eigenvalue weighted by atomic mass is 10.0. The van der Waals surface area contributed by atoms with Crippen molar-refractivity contribution in [2.75, 3.05) is 21.3 Å². The first-order valence-corrected chi connectivity index (χ1v) is 8.43. The van der Waals surface area contributed by atoms with Crippen molar-refractivity contribution < 1.29 is 19.3 Å². The molecule has 0 spiro atoms. The van der Waals surface area contributed by atoms with Gasteiger partial charge in [0, 0.05) is 5.56 Å². The number of rotatable bonds is 8. The lowest BCUT2D eigenvalue weighted by molar-refractivity contribution is 0.392. The summed E-state index contributed by atoms with van der Waals surface area (Å²) in [6.07, 6.45) is 5.29. The van der Waals surface area contributed by atoms with Gasteiger partial charge < -0.3 is 19.3 Å². The van der Waals surface area contributed by atoms with E-state index in [1.807, 2.05) is 43.3 Å². The van der Waals surface area contributed by atoms with Crippen LogP contribution in [0.3, 0.4) is 0 Å². The fourth-order valence-electron chi connectivity index (χ4n) is 2.74. The van der Waals surface area contributed by atoms with Gasteiger partial charge in [0.1, 0.15) is 23.0 Å². The number of allylic oxidation sites excluding steroid dienone is 1. The number of benzene rings is 2. The molecule has 0 heterocycles. The lowest BCUT2D eigenvalue weighted by Gasteiger charge is -2.12. The highest BCUT2D eigenvalue weighted by Gasteiger charge is 2.11. The Kier molecular flexibility index (Phi) is 6.73. The van der Waals surface area contributed by atoms with Crippen molar-refractivity contribution in [1.82, 2.24) is 0 Å². The number of ether oxygens (including phenoxy) is 3. The molecule has 0 aliphatic rings. The van der Waals surface area contributed by atoms with E-state index in [1.165, 1.54) is 0 Å². The molecule has 0 aromatic heterocycles.